The normalized spacial score (nSPS) is 10.1. The molecular weight excluding hydrogens is 305 g/mol. The average Bonchev–Trinajstić information content (AvgIpc) is 2.46. The molecule has 2 rings (SSSR count). The van der Waals surface area contributed by atoms with Crippen LogP contribution in [0, 0.1) is 29.8 Å². The van der Waals surface area contributed by atoms with E-state index >= 15 is 0 Å². The van der Waals surface area contributed by atoms with Crippen LogP contribution in [0.15, 0.2) is 36.4 Å². The summed E-state index contributed by atoms with van der Waals surface area (Å²) in [5.41, 5.74) is 2.65. The molecule has 0 saturated heterocycles. The number of benzene rings is 2. The van der Waals surface area contributed by atoms with E-state index in [0.717, 1.165) is 35.0 Å². The first-order valence-corrected chi connectivity index (χ1v) is 6.87. The van der Waals surface area contributed by atoms with E-state index in [1.807, 2.05) is 32.0 Å². The molecule has 0 radical (unpaired) electrons. The maximum Gasteiger partial charge on any atom is 0.271 e. The fourth-order valence-corrected chi connectivity index (χ4v) is 2.10. The number of hydrogen-bond acceptors (Lipinski definition) is 3. The number of nitrogens with zero attached hydrogens (tertiary/aromatic N) is 1. The van der Waals surface area contributed by atoms with Crippen LogP contribution in [0.1, 0.15) is 11.1 Å². The number of thiocarbonyl (C=S) groups is 1. The molecule has 0 saturated carbocycles. The molecule has 0 bridgehead atoms. The molecule has 0 unspecified atom stereocenters. The Morgan fingerprint density at radius 3 is 2.55 bits per heavy atom. The van der Waals surface area contributed by atoms with E-state index in [1.54, 1.807) is 0 Å². The Kier molecular flexibility index (Phi) is 4.67. The third-order valence-electron chi connectivity index (χ3n) is 3.26. The minimum Gasteiger partial charge on any atom is -0.332 e. The minimum atomic E-state index is -0.615. The molecular formula is C15H14FN3O2S. The van der Waals surface area contributed by atoms with E-state index in [9.17, 15) is 14.5 Å². The predicted octanol–water partition coefficient (Wildman–Crippen LogP) is 4.16. The van der Waals surface area contributed by atoms with Crippen LogP contribution in [0.2, 0.25) is 0 Å². The van der Waals surface area contributed by atoms with Crippen molar-refractivity contribution in [2.24, 2.45) is 0 Å². The first kappa shape index (κ1) is 15.8. The van der Waals surface area contributed by atoms with Crippen molar-refractivity contribution in [2.75, 3.05) is 10.6 Å². The van der Waals surface area contributed by atoms with Crippen molar-refractivity contribution in [2.45, 2.75) is 13.8 Å². The van der Waals surface area contributed by atoms with E-state index in [4.69, 9.17) is 12.2 Å². The van der Waals surface area contributed by atoms with Crippen LogP contribution in [0.5, 0.6) is 0 Å². The molecule has 0 aromatic heterocycles. The van der Waals surface area contributed by atoms with Gasteiger partial charge in [-0.05, 0) is 49.3 Å². The second-order valence-electron chi connectivity index (χ2n) is 4.75. The van der Waals surface area contributed by atoms with Gasteiger partial charge in [-0.15, -0.1) is 0 Å². The number of nitro benzene ring substituents is 1. The van der Waals surface area contributed by atoms with Crippen molar-refractivity contribution in [3.05, 3.63) is 63.5 Å². The van der Waals surface area contributed by atoms with Gasteiger partial charge in [0.15, 0.2) is 5.11 Å². The Bertz CT molecular complexity index is 750. The zero-order chi connectivity index (χ0) is 16.3. The van der Waals surface area contributed by atoms with Crippen LogP contribution in [0.4, 0.5) is 21.5 Å². The van der Waals surface area contributed by atoms with Gasteiger partial charge in [-0.1, -0.05) is 12.1 Å². The number of non-ortho nitro benzene ring substituents is 1. The molecule has 7 heteroatoms. The summed E-state index contributed by atoms with van der Waals surface area (Å²) < 4.78 is 13.7. The highest BCUT2D eigenvalue weighted by molar-refractivity contribution is 7.80. The summed E-state index contributed by atoms with van der Waals surface area (Å²) >= 11 is 5.13. The van der Waals surface area contributed by atoms with E-state index in [0.29, 0.717) is 0 Å². The lowest BCUT2D eigenvalue weighted by Gasteiger charge is -2.14. The maximum absolute atomic E-state index is 13.7. The van der Waals surface area contributed by atoms with Gasteiger partial charge in [-0.3, -0.25) is 10.1 Å². The minimum absolute atomic E-state index is 0.0444. The zero-order valence-corrected chi connectivity index (χ0v) is 12.8. The molecule has 0 aliphatic carbocycles. The van der Waals surface area contributed by atoms with Crippen molar-refractivity contribution in [1.29, 1.82) is 0 Å². The van der Waals surface area contributed by atoms with Gasteiger partial charge in [0.1, 0.15) is 5.82 Å². The summed E-state index contributed by atoms with van der Waals surface area (Å²) in [5.74, 6) is -0.615. The smallest absolute Gasteiger partial charge is 0.271 e. The highest BCUT2D eigenvalue weighted by atomic mass is 32.1. The molecule has 114 valence electrons. The molecule has 5 nitrogen and oxygen atoms in total. The van der Waals surface area contributed by atoms with Gasteiger partial charge in [0.05, 0.1) is 10.6 Å². The highest BCUT2D eigenvalue weighted by Gasteiger charge is 2.12. The van der Waals surface area contributed by atoms with Gasteiger partial charge in [0, 0.05) is 17.8 Å². The number of nitro groups is 1. The van der Waals surface area contributed by atoms with Gasteiger partial charge in [-0.2, -0.15) is 0 Å². The molecule has 2 aromatic rings. The standard InChI is InChI=1S/C15H14FN3O2S/c1-9-4-3-5-13(10(9)2)17-15(22)18-14-8-11(19(20)21)6-7-12(14)16/h3-8H,1-2H3,(H2,17,18,22). The van der Waals surface area contributed by atoms with E-state index in [1.165, 1.54) is 0 Å². The van der Waals surface area contributed by atoms with Crippen LogP contribution in [-0.4, -0.2) is 10.0 Å². The molecule has 2 aromatic carbocycles. The number of aryl methyl sites for hydroxylation is 1. The van der Waals surface area contributed by atoms with Crippen LogP contribution in [-0.2, 0) is 0 Å². The topological polar surface area (TPSA) is 67.2 Å². The molecule has 0 spiro atoms. The Labute approximate surface area is 132 Å². The monoisotopic (exact) mass is 319 g/mol. The van der Waals surface area contributed by atoms with E-state index in [2.05, 4.69) is 10.6 Å². The molecule has 0 heterocycles. The van der Waals surface area contributed by atoms with Gasteiger partial charge < -0.3 is 10.6 Å². The van der Waals surface area contributed by atoms with E-state index < -0.39 is 10.7 Å². The van der Waals surface area contributed by atoms with Crippen LogP contribution >= 0.6 is 12.2 Å². The largest absolute Gasteiger partial charge is 0.332 e. The lowest BCUT2D eigenvalue weighted by molar-refractivity contribution is -0.384. The van der Waals surface area contributed by atoms with Crippen LogP contribution in [0.25, 0.3) is 0 Å². The molecule has 22 heavy (non-hydrogen) atoms. The maximum atomic E-state index is 13.7. The Morgan fingerprint density at radius 2 is 1.86 bits per heavy atom. The van der Waals surface area contributed by atoms with Crippen LogP contribution < -0.4 is 10.6 Å². The SMILES string of the molecule is Cc1cccc(NC(=S)Nc2cc([N+](=O)[O-])ccc2F)c1C. The quantitative estimate of drug-likeness (QED) is 0.505. The fraction of sp³-hybridized carbons (Fsp3) is 0.133. The van der Waals surface area contributed by atoms with Gasteiger partial charge >= 0.3 is 0 Å². The first-order chi connectivity index (χ1) is 10.4. The summed E-state index contributed by atoms with van der Waals surface area (Å²) in [6.45, 7) is 3.91. The van der Waals surface area contributed by atoms with Crippen molar-refractivity contribution in [1.82, 2.24) is 0 Å². The Balaban J connectivity index is 2.17. The lowest BCUT2D eigenvalue weighted by atomic mass is 10.1. The second kappa shape index (κ2) is 6.48. The summed E-state index contributed by atoms with van der Waals surface area (Å²) in [6, 6.07) is 8.92. The van der Waals surface area contributed by atoms with Gasteiger partial charge in [-0.25, -0.2) is 4.39 Å². The fourth-order valence-electron chi connectivity index (χ4n) is 1.89. The molecule has 0 aliphatic heterocycles. The summed E-state index contributed by atoms with van der Waals surface area (Å²) in [5, 5.41) is 16.5. The average molecular weight is 319 g/mol. The summed E-state index contributed by atoms with van der Waals surface area (Å²) in [7, 11) is 0. The molecule has 0 amide bonds. The third-order valence-corrected chi connectivity index (χ3v) is 3.47. The summed E-state index contributed by atoms with van der Waals surface area (Å²) in [6.07, 6.45) is 0. The first-order valence-electron chi connectivity index (χ1n) is 6.46. The predicted molar refractivity (Wildman–Crippen MR) is 88.8 cm³/mol. The van der Waals surface area contributed by atoms with Gasteiger partial charge in [0.2, 0.25) is 0 Å². The Morgan fingerprint density at radius 1 is 1.18 bits per heavy atom. The summed E-state index contributed by atoms with van der Waals surface area (Å²) in [4.78, 5) is 10.1. The third kappa shape index (κ3) is 3.56. The van der Waals surface area contributed by atoms with Crippen molar-refractivity contribution in [3.63, 3.8) is 0 Å². The Hall–Kier alpha value is -2.54. The van der Waals surface area contributed by atoms with Gasteiger partial charge in [0.25, 0.3) is 5.69 Å². The molecule has 0 aliphatic rings. The zero-order valence-electron chi connectivity index (χ0n) is 12.0. The van der Waals surface area contributed by atoms with Crippen LogP contribution in [0.3, 0.4) is 0 Å². The second-order valence-corrected chi connectivity index (χ2v) is 5.16. The van der Waals surface area contributed by atoms with Crippen molar-refractivity contribution < 1.29 is 9.31 Å². The molecule has 0 atom stereocenters. The van der Waals surface area contributed by atoms with E-state index in [-0.39, 0.29) is 16.5 Å². The lowest BCUT2D eigenvalue weighted by Crippen LogP contribution is -2.20. The number of rotatable bonds is 3. The number of halogens is 1. The number of hydrogen-bond donors (Lipinski definition) is 2. The molecule has 2 N–H and O–H groups in total. The van der Waals surface area contributed by atoms with Crippen molar-refractivity contribution >= 4 is 34.4 Å². The highest BCUT2D eigenvalue weighted by Crippen LogP contribution is 2.22. The van der Waals surface area contributed by atoms with Crippen molar-refractivity contribution in [3.8, 4) is 0 Å². The number of anilines is 2. The number of nitrogens with one attached hydrogen (secondary N) is 2. The molecule has 0 fully saturated rings.